The van der Waals surface area contributed by atoms with Crippen LogP contribution < -0.4 is 10.2 Å². The van der Waals surface area contributed by atoms with Crippen molar-refractivity contribution in [1.29, 1.82) is 0 Å². The Morgan fingerprint density at radius 3 is 2.52 bits per heavy atom. The number of benzene rings is 3. The minimum Gasteiger partial charge on any atom is -0.378 e. The summed E-state index contributed by atoms with van der Waals surface area (Å²) in [4.78, 5) is 18.4. The Kier molecular flexibility index (Phi) is 5.63. The van der Waals surface area contributed by atoms with E-state index >= 15 is 0 Å². The van der Waals surface area contributed by atoms with Crippen LogP contribution in [0, 0.1) is 11.7 Å². The minimum absolute atomic E-state index is 0.0318. The normalized spacial score (nSPS) is 18.2. The molecule has 2 N–H and O–H groups in total. The first-order chi connectivity index (χ1) is 16.0. The smallest absolute Gasteiger partial charge is 0.223 e. The monoisotopic (exact) mass is 441 g/mol. The molecule has 5 heteroatoms. The van der Waals surface area contributed by atoms with E-state index in [0.717, 1.165) is 28.8 Å². The second kappa shape index (κ2) is 8.74. The van der Waals surface area contributed by atoms with E-state index in [9.17, 15) is 9.18 Å². The molecule has 168 valence electrons. The number of para-hydroxylation sites is 1. The Bertz CT molecular complexity index is 1260. The molecule has 4 aromatic rings. The maximum atomic E-state index is 13.2. The van der Waals surface area contributed by atoms with Gasteiger partial charge in [0.05, 0.1) is 0 Å². The van der Waals surface area contributed by atoms with Gasteiger partial charge in [0.1, 0.15) is 5.82 Å². The highest BCUT2D eigenvalue weighted by atomic mass is 19.1. The summed E-state index contributed by atoms with van der Waals surface area (Å²) in [6, 6.07) is 23.3. The lowest BCUT2D eigenvalue weighted by molar-refractivity contribution is -0.122. The molecule has 33 heavy (non-hydrogen) atoms. The zero-order valence-corrected chi connectivity index (χ0v) is 18.9. The summed E-state index contributed by atoms with van der Waals surface area (Å²) in [5.41, 5.74) is 5.60. The van der Waals surface area contributed by atoms with Crippen LogP contribution in [0.1, 0.15) is 34.9 Å². The molecule has 1 amide bonds. The van der Waals surface area contributed by atoms with Gasteiger partial charge in [-0.3, -0.25) is 4.79 Å². The van der Waals surface area contributed by atoms with Crippen LogP contribution in [0.3, 0.4) is 0 Å². The van der Waals surface area contributed by atoms with Crippen LogP contribution in [0.2, 0.25) is 0 Å². The van der Waals surface area contributed by atoms with E-state index < -0.39 is 0 Å². The number of hydrogen-bond acceptors (Lipinski definition) is 2. The van der Waals surface area contributed by atoms with Crippen LogP contribution >= 0.6 is 0 Å². The highest BCUT2D eigenvalue weighted by Gasteiger charge is 2.43. The van der Waals surface area contributed by atoms with Gasteiger partial charge in [-0.15, -0.1) is 0 Å². The van der Waals surface area contributed by atoms with Crippen LogP contribution in [0.25, 0.3) is 10.9 Å². The van der Waals surface area contributed by atoms with Crippen molar-refractivity contribution in [3.05, 3.63) is 102 Å². The molecule has 3 aromatic carbocycles. The molecule has 1 heterocycles. The summed E-state index contributed by atoms with van der Waals surface area (Å²) in [6.07, 6.45) is 2.87. The zero-order valence-electron chi connectivity index (χ0n) is 18.9. The van der Waals surface area contributed by atoms with E-state index in [1.54, 1.807) is 12.1 Å². The summed E-state index contributed by atoms with van der Waals surface area (Å²) >= 11 is 0. The van der Waals surface area contributed by atoms with Gasteiger partial charge in [0.15, 0.2) is 0 Å². The van der Waals surface area contributed by atoms with E-state index in [1.165, 1.54) is 23.1 Å². The Morgan fingerprint density at radius 2 is 1.79 bits per heavy atom. The molecule has 1 saturated carbocycles. The third-order valence-electron chi connectivity index (χ3n) is 6.71. The summed E-state index contributed by atoms with van der Waals surface area (Å²) in [5, 5.41) is 4.38. The van der Waals surface area contributed by atoms with Gasteiger partial charge < -0.3 is 15.2 Å². The molecule has 0 saturated heterocycles. The molecular formula is C28H28FN3O. The molecule has 4 nitrogen and oxygen atoms in total. The van der Waals surface area contributed by atoms with Crippen molar-refractivity contribution in [2.45, 2.75) is 18.3 Å². The fourth-order valence-corrected chi connectivity index (χ4v) is 4.69. The van der Waals surface area contributed by atoms with Crippen molar-refractivity contribution in [2.24, 2.45) is 5.92 Å². The fraction of sp³-hybridized carbons (Fsp3) is 0.250. The Morgan fingerprint density at radius 1 is 1.06 bits per heavy atom. The lowest BCUT2D eigenvalue weighted by Gasteiger charge is -2.20. The number of fused-ring (bicyclic) bond motifs is 1. The maximum absolute atomic E-state index is 13.2. The largest absolute Gasteiger partial charge is 0.378 e. The highest BCUT2D eigenvalue weighted by molar-refractivity contribution is 5.85. The van der Waals surface area contributed by atoms with Crippen LogP contribution in [0.15, 0.2) is 79.0 Å². The lowest BCUT2D eigenvalue weighted by Crippen LogP contribution is -2.30. The van der Waals surface area contributed by atoms with Gasteiger partial charge in [0, 0.05) is 55.3 Å². The van der Waals surface area contributed by atoms with Gasteiger partial charge in [-0.2, -0.15) is 0 Å². The standard InChI is InChI=1S/C28H28FN3O/c1-32(2)21-13-9-19(10-14-21)25(26-17-30-27-6-4-3-5-22(26)27)16-31-28(33)24-15-23(24)18-7-11-20(29)12-8-18/h3-14,17,23-25,30H,15-16H2,1-2H3,(H,31,33). The predicted octanol–water partition coefficient (Wildman–Crippen LogP) is 5.42. The molecule has 1 aromatic heterocycles. The summed E-state index contributed by atoms with van der Waals surface area (Å²) < 4.78 is 13.2. The molecule has 3 unspecified atom stereocenters. The zero-order chi connectivity index (χ0) is 22.9. The van der Waals surface area contributed by atoms with Crippen molar-refractivity contribution in [3.63, 3.8) is 0 Å². The maximum Gasteiger partial charge on any atom is 0.223 e. The number of amides is 1. The number of carbonyl (C=O) groups excluding carboxylic acids is 1. The third-order valence-corrected chi connectivity index (χ3v) is 6.71. The first-order valence-electron chi connectivity index (χ1n) is 11.4. The average molecular weight is 442 g/mol. The van der Waals surface area contributed by atoms with E-state index in [1.807, 2.05) is 26.2 Å². The Hall–Kier alpha value is -3.60. The number of nitrogens with one attached hydrogen (secondary N) is 2. The first kappa shape index (κ1) is 21.3. The van der Waals surface area contributed by atoms with Gasteiger partial charge in [-0.25, -0.2) is 4.39 Å². The molecule has 0 bridgehead atoms. The summed E-state index contributed by atoms with van der Waals surface area (Å²) in [7, 11) is 4.05. The van der Waals surface area contributed by atoms with Crippen molar-refractivity contribution < 1.29 is 9.18 Å². The SMILES string of the molecule is CN(C)c1ccc(C(CNC(=O)C2CC2c2ccc(F)cc2)c2c[nH]c3ccccc23)cc1. The van der Waals surface area contributed by atoms with E-state index in [0.29, 0.717) is 6.54 Å². The topological polar surface area (TPSA) is 48.1 Å². The molecule has 0 aliphatic heterocycles. The average Bonchev–Trinajstić information content (AvgIpc) is 3.53. The fourth-order valence-electron chi connectivity index (χ4n) is 4.69. The molecule has 5 rings (SSSR count). The summed E-state index contributed by atoms with van der Waals surface area (Å²) in [6.45, 7) is 0.522. The third kappa shape index (κ3) is 4.36. The molecular weight excluding hydrogens is 413 g/mol. The number of hydrogen-bond donors (Lipinski definition) is 2. The second-order valence-corrected chi connectivity index (χ2v) is 9.07. The van der Waals surface area contributed by atoms with Crippen molar-refractivity contribution in [1.82, 2.24) is 10.3 Å². The van der Waals surface area contributed by atoms with E-state index in [-0.39, 0.29) is 29.5 Å². The van der Waals surface area contributed by atoms with Crippen LogP contribution in [0.4, 0.5) is 10.1 Å². The number of anilines is 1. The Labute approximate surface area is 193 Å². The number of nitrogens with zero attached hydrogens (tertiary/aromatic N) is 1. The van der Waals surface area contributed by atoms with Crippen molar-refractivity contribution >= 4 is 22.5 Å². The van der Waals surface area contributed by atoms with Gasteiger partial charge in [-0.1, -0.05) is 42.5 Å². The van der Waals surface area contributed by atoms with Crippen LogP contribution in [0.5, 0.6) is 0 Å². The first-order valence-corrected chi connectivity index (χ1v) is 11.4. The highest BCUT2D eigenvalue weighted by Crippen LogP contribution is 2.47. The van der Waals surface area contributed by atoms with Gasteiger partial charge in [0.25, 0.3) is 0 Å². The van der Waals surface area contributed by atoms with Gasteiger partial charge >= 0.3 is 0 Å². The van der Waals surface area contributed by atoms with Crippen LogP contribution in [-0.4, -0.2) is 31.5 Å². The number of rotatable bonds is 7. The minimum atomic E-state index is -0.248. The van der Waals surface area contributed by atoms with E-state index in [4.69, 9.17) is 0 Å². The van der Waals surface area contributed by atoms with Crippen LogP contribution in [-0.2, 0) is 4.79 Å². The van der Waals surface area contributed by atoms with Gasteiger partial charge in [-0.05, 0) is 59.4 Å². The Balaban J connectivity index is 1.36. The number of H-pyrrole nitrogens is 1. The molecule has 1 fully saturated rings. The molecule has 1 aliphatic carbocycles. The van der Waals surface area contributed by atoms with Crippen molar-refractivity contribution in [2.75, 3.05) is 25.5 Å². The number of aromatic amines is 1. The van der Waals surface area contributed by atoms with Gasteiger partial charge in [0.2, 0.25) is 5.91 Å². The molecule has 3 atom stereocenters. The second-order valence-electron chi connectivity index (χ2n) is 9.07. The lowest BCUT2D eigenvalue weighted by atomic mass is 9.90. The molecule has 0 radical (unpaired) electrons. The predicted molar refractivity (Wildman–Crippen MR) is 131 cm³/mol. The van der Waals surface area contributed by atoms with Crippen molar-refractivity contribution in [3.8, 4) is 0 Å². The van der Waals surface area contributed by atoms with E-state index in [2.05, 4.69) is 57.8 Å². The number of aromatic nitrogens is 1. The molecule has 0 spiro atoms. The quantitative estimate of drug-likeness (QED) is 0.402. The molecule has 1 aliphatic rings. The number of carbonyl (C=O) groups is 1. The summed E-state index contributed by atoms with van der Waals surface area (Å²) in [5.74, 6) is -0.0163. The number of halogens is 1.